The molecule has 0 radical (unpaired) electrons. The minimum atomic E-state index is -0.864. The quantitative estimate of drug-likeness (QED) is 0.812. The number of benzene rings is 1. The summed E-state index contributed by atoms with van der Waals surface area (Å²) in [5.74, 6) is 0. The van der Waals surface area contributed by atoms with Crippen molar-refractivity contribution in [2.45, 2.75) is 33.4 Å². The molecule has 0 aliphatic heterocycles. The molecule has 1 aromatic carbocycles. The predicted octanol–water partition coefficient (Wildman–Crippen LogP) is 2.33. The monoisotopic (exact) mass is 320 g/mol. The smallest absolute Gasteiger partial charge is 0.297 e. The van der Waals surface area contributed by atoms with Crippen molar-refractivity contribution in [3.8, 4) is 0 Å². The van der Waals surface area contributed by atoms with Crippen LogP contribution in [0.3, 0.4) is 0 Å². The van der Waals surface area contributed by atoms with E-state index in [4.69, 9.17) is 11.6 Å². The molecule has 22 heavy (non-hydrogen) atoms. The number of hydrogen-bond donors (Lipinski definition) is 0. The molecule has 1 aromatic heterocycles. The summed E-state index contributed by atoms with van der Waals surface area (Å²) in [6.45, 7) is 5.65. The summed E-state index contributed by atoms with van der Waals surface area (Å²) in [6.07, 6.45) is 1.23. The van der Waals surface area contributed by atoms with Crippen molar-refractivity contribution >= 4 is 16.8 Å². The molecular weight excluding hydrogens is 304 g/mol. The Morgan fingerprint density at radius 3 is 2.27 bits per heavy atom. The van der Waals surface area contributed by atoms with Crippen LogP contribution in [0.5, 0.6) is 0 Å². The van der Waals surface area contributed by atoms with Crippen molar-refractivity contribution in [3.63, 3.8) is 0 Å². The van der Waals surface area contributed by atoms with Crippen LogP contribution in [0.15, 0.2) is 40.1 Å². The Hall–Kier alpha value is -2.14. The van der Waals surface area contributed by atoms with Crippen molar-refractivity contribution < 1.29 is 4.79 Å². The highest BCUT2D eigenvalue weighted by Crippen LogP contribution is 2.06. The van der Waals surface area contributed by atoms with E-state index in [0.29, 0.717) is 0 Å². The van der Waals surface area contributed by atoms with E-state index in [0.717, 1.165) is 15.7 Å². The van der Waals surface area contributed by atoms with E-state index in [1.807, 2.05) is 31.2 Å². The van der Waals surface area contributed by atoms with Crippen LogP contribution < -0.4 is 11.2 Å². The minimum absolute atomic E-state index is 0.0999. The topological polar surface area (TPSA) is 61.1 Å². The molecule has 0 aliphatic rings. The third kappa shape index (κ3) is 3.20. The number of halogens is 1. The second kappa shape index (κ2) is 6.32. The van der Waals surface area contributed by atoms with Gasteiger partial charge in [-0.1, -0.05) is 29.8 Å². The Morgan fingerprint density at radius 1 is 1.18 bits per heavy atom. The maximum atomic E-state index is 12.4. The van der Waals surface area contributed by atoms with E-state index in [2.05, 4.69) is 0 Å². The number of rotatable bonds is 4. The Bertz CT molecular complexity index is 817. The summed E-state index contributed by atoms with van der Waals surface area (Å²) in [6, 6.07) is 7.30. The number of carbonyl (C=O) groups is 1. The molecule has 0 spiro atoms. The van der Waals surface area contributed by atoms with Crippen molar-refractivity contribution in [2.24, 2.45) is 0 Å². The molecule has 0 N–H and O–H groups in total. The zero-order valence-electron chi connectivity index (χ0n) is 12.7. The van der Waals surface area contributed by atoms with E-state index in [9.17, 15) is 14.4 Å². The van der Waals surface area contributed by atoms with Gasteiger partial charge in [0.2, 0.25) is 0 Å². The third-order valence-electron chi connectivity index (χ3n) is 3.42. The largest absolute Gasteiger partial charge is 0.331 e. The van der Waals surface area contributed by atoms with E-state index >= 15 is 0 Å². The lowest BCUT2D eigenvalue weighted by Crippen LogP contribution is -2.42. The van der Waals surface area contributed by atoms with E-state index < -0.39 is 16.5 Å². The lowest BCUT2D eigenvalue weighted by atomic mass is 10.1. The van der Waals surface area contributed by atoms with Gasteiger partial charge in [0.05, 0.1) is 6.54 Å². The van der Waals surface area contributed by atoms with Crippen LogP contribution in [0.1, 0.15) is 41.4 Å². The maximum Gasteiger partial charge on any atom is 0.331 e. The SMILES string of the molecule is Cc1ccc(Cn2c(=O)c(C(=O)Cl)cn(C(C)C)c2=O)cc1. The second-order valence-electron chi connectivity index (χ2n) is 5.48. The van der Waals surface area contributed by atoms with Gasteiger partial charge in [0.15, 0.2) is 0 Å². The Labute approximate surface area is 132 Å². The van der Waals surface area contributed by atoms with E-state index in [-0.39, 0.29) is 18.2 Å². The van der Waals surface area contributed by atoms with Crippen molar-refractivity contribution in [3.05, 3.63) is 68.0 Å². The molecule has 0 aliphatic carbocycles. The maximum absolute atomic E-state index is 12.4. The average molecular weight is 321 g/mol. The third-order valence-corrected chi connectivity index (χ3v) is 3.63. The van der Waals surface area contributed by atoms with E-state index in [1.165, 1.54) is 10.8 Å². The van der Waals surface area contributed by atoms with Gasteiger partial charge in [-0.15, -0.1) is 0 Å². The molecule has 2 aromatic rings. The normalized spacial score (nSPS) is 11.0. The molecule has 1 heterocycles. The second-order valence-corrected chi connectivity index (χ2v) is 5.82. The summed E-state index contributed by atoms with van der Waals surface area (Å²) in [5, 5.41) is -0.864. The van der Waals surface area contributed by atoms with Gasteiger partial charge in [-0.25, -0.2) is 4.79 Å². The van der Waals surface area contributed by atoms with Crippen LogP contribution in [0, 0.1) is 6.92 Å². The van der Waals surface area contributed by atoms with Crippen LogP contribution in [-0.4, -0.2) is 14.4 Å². The van der Waals surface area contributed by atoms with Crippen molar-refractivity contribution in [1.29, 1.82) is 0 Å². The Morgan fingerprint density at radius 2 is 1.77 bits per heavy atom. The van der Waals surface area contributed by atoms with Crippen molar-refractivity contribution in [1.82, 2.24) is 9.13 Å². The molecule has 0 bridgehead atoms. The summed E-state index contributed by atoms with van der Waals surface area (Å²) in [5.41, 5.74) is 0.575. The van der Waals surface area contributed by atoms with Gasteiger partial charge in [0.25, 0.3) is 10.8 Å². The lowest BCUT2D eigenvalue weighted by molar-refractivity contribution is 0.107. The molecule has 6 heteroatoms. The zero-order valence-corrected chi connectivity index (χ0v) is 13.4. The molecule has 0 fully saturated rings. The molecule has 5 nitrogen and oxygen atoms in total. The first-order valence-electron chi connectivity index (χ1n) is 6.92. The first-order valence-corrected chi connectivity index (χ1v) is 7.30. The minimum Gasteiger partial charge on any atom is -0.297 e. The van der Waals surface area contributed by atoms with Crippen LogP contribution in [0.4, 0.5) is 0 Å². The van der Waals surface area contributed by atoms with Gasteiger partial charge in [0.1, 0.15) is 5.56 Å². The number of aromatic nitrogens is 2. The van der Waals surface area contributed by atoms with Gasteiger partial charge in [0, 0.05) is 12.2 Å². The van der Waals surface area contributed by atoms with Crippen LogP contribution in [0.2, 0.25) is 0 Å². The number of nitrogens with zero attached hydrogens (tertiary/aromatic N) is 2. The summed E-state index contributed by atoms with van der Waals surface area (Å²) in [4.78, 5) is 36.2. The zero-order chi connectivity index (χ0) is 16.4. The average Bonchev–Trinajstić information content (AvgIpc) is 2.44. The first-order chi connectivity index (χ1) is 10.3. The fourth-order valence-corrected chi connectivity index (χ4v) is 2.27. The Kier molecular flexibility index (Phi) is 4.66. The Balaban J connectivity index is 2.63. The molecule has 116 valence electrons. The summed E-state index contributed by atoms with van der Waals surface area (Å²) in [7, 11) is 0. The van der Waals surface area contributed by atoms with E-state index in [1.54, 1.807) is 13.8 Å². The molecule has 0 amide bonds. The fraction of sp³-hybridized carbons (Fsp3) is 0.312. The van der Waals surface area contributed by atoms with Crippen molar-refractivity contribution in [2.75, 3.05) is 0 Å². The predicted molar refractivity (Wildman–Crippen MR) is 85.8 cm³/mol. The highest BCUT2D eigenvalue weighted by Gasteiger charge is 2.17. The van der Waals surface area contributed by atoms with Crippen LogP contribution in [0.25, 0.3) is 0 Å². The molecule has 0 unspecified atom stereocenters. The number of aryl methyl sites for hydroxylation is 1. The fourth-order valence-electron chi connectivity index (χ4n) is 2.14. The van der Waals surface area contributed by atoms with Gasteiger partial charge in [-0.05, 0) is 37.9 Å². The van der Waals surface area contributed by atoms with Gasteiger partial charge in [-0.2, -0.15) is 0 Å². The standard InChI is InChI=1S/C16H17ClN2O3/c1-10(2)18-9-13(14(17)20)15(21)19(16(18)22)8-12-6-4-11(3)5-7-12/h4-7,9-10H,8H2,1-3H3. The summed E-state index contributed by atoms with van der Waals surface area (Å²) >= 11 is 5.47. The van der Waals surface area contributed by atoms with Gasteiger partial charge >= 0.3 is 5.69 Å². The molecule has 2 rings (SSSR count). The number of hydrogen-bond acceptors (Lipinski definition) is 3. The molecular formula is C16H17ClN2O3. The number of carbonyl (C=O) groups excluding carboxylic acids is 1. The van der Waals surface area contributed by atoms with Crippen LogP contribution in [-0.2, 0) is 6.54 Å². The highest BCUT2D eigenvalue weighted by atomic mass is 35.5. The first kappa shape index (κ1) is 16.2. The van der Waals surface area contributed by atoms with Gasteiger partial charge < -0.3 is 0 Å². The van der Waals surface area contributed by atoms with Crippen LogP contribution >= 0.6 is 11.6 Å². The molecule has 0 saturated carbocycles. The van der Waals surface area contributed by atoms with Gasteiger partial charge in [-0.3, -0.25) is 18.7 Å². The summed E-state index contributed by atoms with van der Waals surface area (Å²) < 4.78 is 2.38. The lowest BCUT2D eigenvalue weighted by Gasteiger charge is -2.14. The molecule has 0 saturated heterocycles. The highest BCUT2D eigenvalue weighted by molar-refractivity contribution is 6.67. The molecule has 0 atom stereocenters.